The zero-order valence-electron chi connectivity index (χ0n) is 8.18. The van der Waals surface area contributed by atoms with Crippen LogP contribution in [0.3, 0.4) is 0 Å². The smallest absolute Gasteiger partial charge is 0.870 e. The number of carboxylic acids is 1. The first kappa shape index (κ1) is 36.7. The van der Waals surface area contributed by atoms with Gasteiger partial charge < -0.3 is 21.5 Å². The standard InChI is InChI=1S/C2H6O3S.C2H4O2.Na.3H2O/c1-2-6(3,4)5;1-2(3)4;;;;/h2H2,1H3,(H,3,4,5);1H3,(H,3,4);;3*1H2/q;;+1;;;/p-1. The number of hydrogen-bond acceptors (Lipinski definition) is 4. The Hall–Kier alpha value is 0.260. The first-order valence-electron chi connectivity index (χ1n) is 2.44. The fourth-order valence-corrected chi connectivity index (χ4v) is 0. The van der Waals surface area contributed by atoms with E-state index in [4.69, 9.17) is 14.5 Å². The van der Waals surface area contributed by atoms with Crippen LogP contribution in [0.15, 0.2) is 0 Å². The summed E-state index contributed by atoms with van der Waals surface area (Å²) in [6.07, 6.45) is 0. The molecule has 0 aliphatic heterocycles. The van der Waals surface area contributed by atoms with Gasteiger partial charge in [-0.25, -0.2) is 0 Å². The van der Waals surface area contributed by atoms with Gasteiger partial charge >= 0.3 is 29.6 Å². The average molecular weight is 246 g/mol. The minimum absolute atomic E-state index is 0. The second-order valence-corrected chi connectivity index (χ2v) is 3.13. The number of aliphatic carboxylic acids is 1. The normalized spacial score (nSPS) is 6.79. The van der Waals surface area contributed by atoms with Crippen LogP contribution in [0.1, 0.15) is 13.8 Å². The molecule has 0 saturated heterocycles. The van der Waals surface area contributed by atoms with Crippen molar-refractivity contribution in [3.8, 4) is 0 Å². The van der Waals surface area contributed by atoms with Crippen LogP contribution in [0.25, 0.3) is 0 Å². The van der Waals surface area contributed by atoms with E-state index < -0.39 is 16.1 Å². The summed E-state index contributed by atoms with van der Waals surface area (Å²) in [4.78, 5) is 9.00. The Kier molecular flexibility index (Phi) is 49.7. The largest absolute Gasteiger partial charge is 1.00 e. The summed E-state index contributed by atoms with van der Waals surface area (Å²) in [5.74, 6) is -1.03. The molecule has 0 aliphatic carbocycles. The molecule has 0 fully saturated rings. The molecule has 7 N–H and O–H groups in total. The molecule has 0 aromatic heterocycles. The third-order valence-corrected chi connectivity index (χ3v) is 1.09. The number of carbonyl (C=O) groups is 1. The Morgan fingerprint density at radius 3 is 1.36 bits per heavy atom. The van der Waals surface area contributed by atoms with Gasteiger partial charge in [0.25, 0.3) is 16.1 Å². The van der Waals surface area contributed by atoms with Crippen LogP contribution < -0.4 is 29.6 Å². The van der Waals surface area contributed by atoms with Crippen LogP contribution in [0.5, 0.6) is 0 Å². The summed E-state index contributed by atoms with van der Waals surface area (Å²) in [6, 6.07) is 0. The molecule has 0 saturated carbocycles. The van der Waals surface area contributed by atoms with E-state index in [1.54, 1.807) is 0 Å². The maximum absolute atomic E-state index is 9.56. The van der Waals surface area contributed by atoms with Gasteiger partial charge in [0.1, 0.15) is 0 Å². The van der Waals surface area contributed by atoms with Gasteiger partial charge in [0, 0.05) is 6.92 Å². The second-order valence-electron chi connectivity index (χ2n) is 1.39. The van der Waals surface area contributed by atoms with E-state index in [0.717, 1.165) is 6.92 Å². The van der Waals surface area contributed by atoms with E-state index >= 15 is 0 Å². The van der Waals surface area contributed by atoms with Crippen molar-refractivity contribution in [2.75, 3.05) is 5.75 Å². The maximum atomic E-state index is 9.56. The number of hydrogen-bond donors (Lipinski definition) is 2. The van der Waals surface area contributed by atoms with Crippen LogP contribution in [-0.2, 0) is 14.9 Å². The summed E-state index contributed by atoms with van der Waals surface area (Å²) < 4.78 is 26.9. The van der Waals surface area contributed by atoms with Gasteiger partial charge in [0.2, 0.25) is 0 Å². The van der Waals surface area contributed by atoms with Gasteiger partial charge in [0.05, 0.1) is 5.75 Å². The molecule has 0 aliphatic rings. The van der Waals surface area contributed by atoms with Crippen molar-refractivity contribution in [3.63, 3.8) is 0 Å². The second kappa shape index (κ2) is 18.9. The molecular formula is C4H15NaO8S. The quantitative estimate of drug-likeness (QED) is 0.345. The first-order chi connectivity index (χ1) is 4.29. The van der Waals surface area contributed by atoms with Crippen molar-refractivity contribution in [2.45, 2.75) is 13.8 Å². The van der Waals surface area contributed by atoms with E-state index in [9.17, 15) is 8.42 Å². The molecular weight excluding hydrogens is 231 g/mol. The van der Waals surface area contributed by atoms with Crippen molar-refractivity contribution in [1.82, 2.24) is 0 Å². The first-order valence-corrected chi connectivity index (χ1v) is 4.05. The molecule has 14 heavy (non-hydrogen) atoms. The maximum Gasteiger partial charge on any atom is 1.00 e. The summed E-state index contributed by atoms with van der Waals surface area (Å²) in [5.41, 5.74) is 0. The van der Waals surface area contributed by atoms with Gasteiger partial charge in [-0.05, 0) is 6.92 Å². The zero-order chi connectivity index (χ0) is 8.78. The summed E-state index contributed by atoms with van der Waals surface area (Å²) in [6.45, 7) is 2.45. The molecule has 10 heteroatoms. The molecule has 0 aromatic rings. The Balaban J connectivity index is -0.0000000185. The molecule has 0 amide bonds. The zero-order valence-corrected chi connectivity index (χ0v) is 11.0. The van der Waals surface area contributed by atoms with Crippen molar-refractivity contribution >= 4 is 16.1 Å². The van der Waals surface area contributed by atoms with E-state index in [-0.39, 0.29) is 51.7 Å². The van der Waals surface area contributed by atoms with E-state index in [1.807, 2.05) is 0 Å². The Labute approximate surface area is 104 Å². The Morgan fingerprint density at radius 1 is 1.29 bits per heavy atom. The predicted molar refractivity (Wildman–Crippen MR) is 44.6 cm³/mol. The van der Waals surface area contributed by atoms with E-state index in [0.29, 0.717) is 0 Å². The minimum Gasteiger partial charge on any atom is -0.870 e. The average Bonchev–Trinajstić information content (AvgIpc) is 1.63. The fraction of sp³-hybridized carbons (Fsp3) is 0.750. The molecule has 86 valence electrons. The predicted octanol–water partition coefficient (Wildman–Crippen LogP) is -4.84. The molecule has 0 spiro atoms. The molecule has 0 rings (SSSR count). The van der Waals surface area contributed by atoms with E-state index in [2.05, 4.69) is 0 Å². The van der Waals surface area contributed by atoms with Crippen LogP contribution >= 0.6 is 0 Å². The molecule has 0 radical (unpaired) electrons. The van der Waals surface area contributed by atoms with Gasteiger partial charge in [0.15, 0.2) is 0 Å². The molecule has 0 atom stereocenters. The van der Waals surface area contributed by atoms with E-state index in [1.165, 1.54) is 6.92 Å². The van der Waals surface area contributed by atoms with Crippen molar-refractivity contribution < 1.29 is 68.9 Å². The van der Waals surface area contributed by atoms with Crippen LogP contribution in [-0.4, -0.2) is 46.2 Å². The van der Waals surface area contributed by atoms with Gasteiger partial charge in [-0.1, -0.05) is 0 Å². The van der Waals surface area contributed by atoms with Crippen LogP contribution in [0.4, 0.5) is 0 Å². The topological polar surface area (TPSA) is 185 Å². The number of carboxylic acid groups (broad SMARTS) is 1. The SMILES string of the molecule is CC(=O)O.CCS(=O)(=O)O.O.O.[Na+].[OH-]. The fourth-order valence-electron chi connectivity index (χ4n) is 0. The van der Waals surface area contributed by atoms with Crippen molar-refractivity contribution in [1.29, 1.82) is 0 Å². The molecule has 0 aromatic carbocycles. The summed E-state index contributed by atoms with van der Waals surface area (Å²) in [5, 5.41) is 7.42. The van der Waals surface area contributed by atoms with Crippen molar-refractivity contribution in [3.05, 3.63) is 0 Å². The Morgan fingerprint density at radius 2 is 1.36 bits per heavy atom. The van der Waals surface area contributed by atoms with Gasteiger partial charge in [-0.15, -0.1) is 0 Å². The monoisotopic (exact) mass is 246 g/mol. The summed E-state index contributed by atoms with van der Waals surface area (Å²) in [7, 11) is -3.66. The molecule has 0 unspecified atom stereocenters. The minimum atomic E-state index is -3.66. The van der Waals surface area contributed by atoms with Crippen LogP contribution in [0.2, 0.25) is 0 Å². The van der Waals surface area contributed by atoms with Crippen molar-refractivity contribution in [2.24, 2.45) is 0 Å². The third-order valence-electron chi connectivity index (χ3n) is 0.365. The van der Waals surface area contributed by atoms with Crippen LogP contribution in [0, 0.1) is 0 Å². The summed E-state index contributed by atoms with van der Waals surface area (Å²) >= 11 is 0. The molecule has 0 bridgehead atoms. The van der Waals surface area contributed by atoms with Gasteiger partial charge in [-0.3, -0.25) is 9.35 Å². The molecule has 0 heterocycles. The molecule has 8 nitrogen and oxygen atoms in total. The Bertz CT molecular complexity index is 184. The number of rotatable bonds is 1. The third kappa shape index (κ3) is 146. The van der Waals surface area contributed by atoms with Gasteiger partial charge in [-0.2, -0.15) is 8.42 Å².